The second-order valence-corrected chi connectivity index (χ2v) is 7.31. The second-order valence-electron chi connectivity index (χ2n) is 6.39. The summed E-state index contributed by atoms with van der Waals surface area (Å²) in [5, 5.41) is 0. The first-order chi connectivity index (χ1) is 13.5. The van der Waals surface area contributed by atoms with Crippen LogP contribution in [0.3, 0.4) is 0 Å². The summed E-state index contributed by atoms with van der Waals surface area (Å²) in [6.07, 6.45) is 4.87. The van der Waals surface area contributed by atoms with Crippen LogP contribution in [0.5, 0.6) is 5.75 Å². The van der Waals surface area contributed by atoms with Gasteiger partial charge in [0.1, 0.15) is 5.75 Å². The fraction of sp³-hybridized carbons (Fsp3) is 0.0833. The van der Waals surface area contributed by atoms with Gasteiger partial charge in [-0.15, -0.1) is 0 Å². The summed E-state index contributed by atoms with van der Waals surface area (Å²) in [5.74, 6) is 0.0394. The lowest BCUT2D eigenvalue weighted by atomic mass is 10.1. The van der Waals surface area contributed by atoms with Crippen molar-refractivity contribution in [2.45, 2.75) is 13.8 Å². The van der Waals surface area contributed by atoms with Crippen LogP contribution in [0.4, 0.5) is 5.69 Å². The number of rotatable bonds is 5. The van der Waals surface area contributed by atoms with Gasteiger partial charge < -0.3 is 4.74 Å². The molecular formula is C24H20BrNO2. The third kappa shape index (κ3) is 5.51. The van der Waals surface area contributed by atoms with Gasteiger partial charge in [-0.3, -0.25) is 4.99 Å². The molecule has 0 aliphatic rings. The third-order valence-electron chi connectivity index (χ3n) is 4.12. The van der Waals surface area contributed by atoms with Crippen LogP contribution >= 0.6 is 15.9 Å². The van der Waals surface area contributed by atoms with Crippen LogP contribution in [-0.2, 0) is 4.79 Å². The van der Waals surface area contributed by atoms with Gasteiger partial charge in [0.05, 0.1) is 5.69 Å². The molecule has 0 unspecified atom stereocenters. The van der Waals surface area contributed by atoms with Crippen LogP contribution in [0.2, 0.25) is 0 Å². The van der Waals surface area contributed by atoms with Crippen molar-refractivity contribution in [2.24, 2.45) is 4.99 Å². The van der Waals surface area contributed by atoms with Crippen LogP contribution < -0.4 is 4.74 Å². The minimum absolute atomic E-state index is 0.435. The highest BCUT2D eigenvalue weighted by molar-refractivity contribution is 9.10. The lowest BCUT2D eigenvalue weighted by Crippen LogP contribution is -2.05. The van der Waals surface area contributed by atoms with Crippen molar-refractivity contribution in [1.82, 2.24) is 0 Å². The van der Waals surface area contributed by atoms with E-state index in [-0.39, 0.29) is 0 Å². The number of benzene rings is 3. The molecule has 3 rings (SSSR count). The summed E-state index contributed by atoms with van der Waals surface area (Å²) in [7, 11) is 0. The van der Waals surface area contributed by atoms with Gasteiger partial charge in [0.15, 0.2) is 0 Å². The van der Waals surface area contributed by atoms with E-state index in [4.69, 9.17) is 4.74 Å². The number of hydrogen-bond acceptors (Lipinski definition) is 3. The van der Waals surface area contributed by atoms with Crippen molar-refractivity contribution in [3.8, 4) is 5.75 Å². The summed E-state index contributed by atoms with van der Waals surface area (Å²) < 4.78 is 6.50. The van der Waals surface area contributed by atoms with E-state index in [0.29, 0.717) is 5.75 Å². The summed E-state index contributed by atoms with van der Waals surface area (Å²) in [6, 6.07) is 21.1. The van der Waals surface area contributed by atoms with Crippen molar-refractivity contribution in [3.05, 3.63) is 99.5 Å². The van der Waals surface area contributed by atoms with Crippen LogP contribution in [0, 0.1) is 13.8 Å². The van der Waals surface area contributed by atoms with Crippen molar-refractivity contribution >= 4 is 39.9 Å². The van der Waals surface area contributed by atoms with Gasteiger partial charge in [0.2, 0.25) is 0 Å². The second kappa shape index (κ2) is 9.29. The van der Waals surface area contributed by atoms with E-state index < -0.39 is 5.97 Å². The average Bonchev–Trinajstić information content (AvgIpc) is 2.69. The largest absolute Gasteiger partial charge is 0.423 e. The number of nitrogens with zero attached hydrogens (tertiary/aromatic N) is 1. The number of halogens is 1. The van der Waals surface area contributed by atoms with E-state index in [2.05, 4.69) is 27.0 Å². The molecule has 4 heteroatoms. The Morgan fingerprint density at radius 2 is 1.75 bits per heavy atom. The van der Waals surface area contributed by atoms with Gasteiger partial charge >= 0.3 is 5.97 Å². The van der Waals surface area contributed by atoms with Crippen molar-refractivity contribution in [1.29, 1.82) is 0 Å². The minimum Gasteiger partial charge on any atom is -0.423 e. The van der Waals surface area contributed by atoms with Crippen molar-refractivity contribution in [3.63, 3.8) is 0 Å². The first kappa shape index (κ1) is 19.8. The normalized spacial score (nSPS) is 11.2. The zero-order chi connectivity index (χ0) is 19.9. The highest BCUT2D eigenvalue weighted by Gasteiger charge is 2.05. The summed E-state index contributed by atoms with van der Waals surface area (Å²) in [5.41, 5.74) is 4.80. The molecule has 0 aromatic heterocycles. The topological polar surface area (TPSA) is 38.7 Å². The molecule has 28 heavy (non-hydrogen) atoms. The standard InChI is InChI=1S/C24H20BrNO2/c1-17-7-8-18(2)22(15-17)26-16-20-5-3-4-6-23(20)28-24(27)14-11-19-9-12-21(25)13-10-19/h3-16H,1-2H3/b14-11+,26-16?. The van der Waals surface area contributed by atoms with Gasteiger partial charge in [0, 0.05) is 22.3 Å². The molecule has 0 bridgehead atoms. The maximum absolute atomic E-state index is 12.2. The fourth-order valence-corrected chi connectivity index (χ4v) is 2.82. The number of aryl methyl sites for hydroxylation is 2. The molecule has 0 heterocycles. The van der Waals surface area contributed by atoms with E-state index in [0.717, 1.165) is 32.4 Å². The molecule has 0 aliphatic carbocycles. The van der Waals surface area contributed by atoms with Gasteiger partial charge in [-0.25, -0.2) is 4.79 Å². The van der Waals surface area contributed by atoms with Crippen LogP contribution in [0.1, 0.15) is 22.3 Å². The molecule has 0 atom stereocenters. The molecule has 0 saturated heterocycles. The molecule has 140 valence electrons. The summed E-state index contributed by atoms with van der Waals surface area (Å²) in [4.78, 5) is 16.8. The van der Waals surface area contributed by atoms with Crippen LogP contribution in [-0.4, -0.2) is 12.2 Å². The Balaban J connectivity index is 1.74. The smallest absolute Gasteiger partial charge is 0.336 e. The summed E-state index contributed by atoms with van der Waals surface area (Å²) in [6.45, 7) is 4.05. The van der Waals surface area contributed by atoms with Crippen LogP contribution in [0.15, 0.2) is 82.3 Å². The van der Waals surface area contributed by atoms with E-state index in [1.54, 1.807) is 18.4 Å². The minimum atomic E-state index is -0.435. The Kier molecular flexibility index (Phi) is 6.56. The van der Waals surface area contributed by atoms with Gasteiger partial charge in [-0.05, 0) is 66.9 Å². The number of hydrogen-bond donors (Lipinski definition) is 0. The highest BCUT2D eigenvalue weighted by Crippen LogP contribution is 2.22. The number of ether oxygens (including phenoxy) is 1. The zero-order valence-electron chi connectivity index (χ0n) is 15.7. The molecule has 0 fully saturated rings. The average molecular weight is 434 g/mol. The Morgan fingerprint density at radius 1 is 1.00 bits per heavy atom. The number of esters is 1. The Morgan fingerprint density at radius 3 is 2.54 bits per heavy atom. The third-order valence-corrected chi connectivity index (χ3v) is 4.65. The molecular weight excluding hydrogens is 414 g/mol. The van der Waals surface area contributed by atoms with Gasteiger partial charge in [-0.2, -0.15) is 0 Å². The van der Waals surface area contributed by atoms with E-state index >= 15 is 0 Å². The molecule has 0 spiro atoms. The quantitative estimate of drug-likeness (QED) is 0.201. The maximum atomic E-state index is 12.2. The van der Waals surface area contributed by atoms with Crippen molar-refractivity contribution in [2.75, 3.05) is 0 Å². The van der Waals surface area contributed by atoms with Crippen molar-refractivity contribution < 1.29 is 9.53 Å². The SMILES string of the molecule is Cc1ccc(C)c(N=Cc2ccccc2OC(=O)/C=C/c2ccc(Br)cc2)c1. The molecule has 3 aromatic rings. The Hall–Kier alpha value is -2.98. The van der Waals surface area contributed by atoms with Crippen LogP contribution in [0.25, 0.3) is 6.08 Å². The van der Waals surface area contributed by atoms with E-state index in [9.17, 15) is 4.79 Å². The first-order valence-corrected chi connectivity index (χ1v) is 9.66. The number of carbonyl (C=O) groups is 1. The molecule has 0 saturated carbocycles. The lowest BCUT2D eigenvalue weighted by Gasteiger charge is -2.06. The maximum Gasteiger partial charge on any atom is 0.336 e. The molecule has 0 amide bonds. The predicted octanol–water partition coefficient (Wildman–Crippen LogP) is 6.44. The molecule has 3 nitrogen and oxygen atoms in total. The first-order valence-electron chi connectivity index (χ1n) is 8.87. The lowest BCUT2D eigenvalue weighted by molar-refractivity contribution is -0.128. The van der Waals surface area contributed by atoms with E-state index in [1.165, 1.54) is 6.08 Å². The molecule has 3 aromatic carbocycles. The Labute approximate surface area is 173 Å². The fourth-order valence-electron chi connectivity index (χ4n) is 2.56. The predicted molar refractivity (Wildman–Crippen MR) is 118 cm³/mol. The zero-order valence-corrected chi connectivity index (χ0v) is 17.3. The number of carbonyl (C=O) groups excluding carboxylic acids is 1. The number of aliphatic imine (C=N–C) groups is 1. The highest BCUT2D eigenvalue weighted by atomic mass is 79.9. The van der Waals surface area contributed by atoms with Gasteiger partial charge in [0.25, 0.3) is 0 Å². The summed E-state index contributed by atoms with van der Waals surface area (Å²) >= 11 is 3.39. The van der Waals surface area contributed by atoms with Gasteiger partial charge in [-0.1, -0.05) is 52.3 Å². The molecule has 0 aliphatic heterocycles. The molecule has 0 N–H and O–H groups in total. The Bertz CT molecular complexity index is 1040. The molecule has 0 radical (unpaired) electrons. The monoisotopic (exact) mass is 433 g/mol. The number of para-hydroxylation sites is 1. The van der Waals surface area contributed by atoms with E-state index in [1.807, 2.05) is 68.4 Å².